The summed E-state index contributed by atoms with van der Waals surface area (Å²) < 4.78 is 14.7. The fourth-order valence-corrected chi connectivity index (χ4v) is 2.89. The molecular formula is C19H18FNO3. The van der Waals surface area contributed by atoms with Gasteiger partial charge in [0.25, 0.3) is 5.91 Å². The van der Waals surface area contributed by atoms with Gasteiger partial charge in [0.15, 0.2) is 5.82 Å². The molecule has 2 aromatic rings. The number of halogens is 1. The van der Waals surface area contributed by atoms with Crippen LogP contribution in [0.1, 0.15) is 40.5 Å². The van der Waals surface area contributed by atoms with Crippen molar-refractivity contribution in [3.8, 4) is 0 Å². The van der Waals surface area contributed by atoms with Crippen LogP contribution in [-0.2, 0) is 0 Å². The molecule has 1 aliphatic carbocycles. The molecule has 2 aromatic carbocycles. The van der Waals surface area contributed by atoms with Crippen molar-refractivity contribution in [3.05, 3.63) is 65.5 Å². The van der Waals surface area contributed by atoms with E-state index in [0.29, 0.717) is 11.5 Å². The molecule has 24 heavy (non-hydrogen) atoms. The maximum Gasteiger partial charge on any atom is 0.338 e. The maximum atomic E-state index is 14.7. The normalized spacial score (nSPS) is 14.9. The van der Waals surface area contributed by atoms with Crippen molar-refractivity contribution in [1.29, 1.82) is 0 Å². The third kappa shape index (κ3) is 3.02. The van der Waals surface area contributed by atoms with E-state index in [2.05, 4.69) is 0 Å². The summed E-state index contributed by atoms with van der Waals surface area (Å²) in [6, 6.07) is 12.6. The molecule has 1 N–H and O–H groups in total. The van der Waals surface area contributed by atoms with Gasteiger partial charge in [-0.25, -0.2) is 9.18 Å². The van der Waals surface area contributed by atoms with Crippen LogP contribution in [0.5, 0.6) is 0 Å². The number of hydrogen-bond acceptors (Lipinski definition) is 2. The van der Waals surface area contributed by atoms with Gasteiger partial charge >= 0.3 is 5.97 Å². The Morgan fingerprint density at radius 3 is 2.38 bits per heavy atom. The molecule has 1 unspecified atom stereocenters. The Hall–Kier alpha value is -2.69. The summed E-state index contributed by atoms with van der Waals surface area (Å²) in [5.74, 6) is -2.23. The lowest BCUT2D eigenvalue weighted by Gasteiger charge is -2.30. The molecule has 0 spiro atoms. The van der Waals surface area contributed by atoms with Crippen molar-refractivity contribution in [3.63, 3.8) is 0 Å². The van der Waals surface area contributed by atoms with E-state index in [1.165, 1.54) is 23.1 Å². The highest BCUT2D eigenvalue weighted by Crippen LogP contribution is 2.38. The van der Waals surface area contributed by atoms with E-state index in [4.69, 9.17) is 5.11 Å². The second-order valence-electron chi connectivity index (χ2n) is 6.06. The Balaban J connectivity index is 2.07. The predicted octanol–water partition coefficient (Wildman–Crippen LogP) is 3.97. The molecule has 0 saturated heterocycles. The van der Waals surface area contributed by atoms with Crippen molar-refractivity contribution in [2.75, 3.05) is 4.90 Å². The van der Waals surface area contributed by atoms with Gasteiger partial charge in [-0.05, 0) is 49.9 Å². The SMILES string of the molecule is CC(C1CC1)N(C(=O)c1ccccc1)c1cccc(C(=O)O)c1F. The zero-order chi connectivity index (χ0) is 17.3. The molecule has 0 bridgehead atoms. The average Bonchev–Trinajstić information content (AvgIpc) is 3.42. The molecule has 5 heteroatoms. The number of carboxylic acids is 1. The van der Waals surface area contributed by atoms with E-state index >= 15 is 0 Å². The minimum absolute atomic E-state index is 0.0168. The summed E-state index contributed by atoms with van der Waals surface area (Å²) >= 11 is 0. The predicted molar refractivity (Wildman–Crippen MR) is 88.8 cm³/mol. The smallest absolute Gasteiger partial charge is 0.338 e. The van der Waals surface area contributed by atoms with Crippen molar-refractivity contribution in [2.45, 2.75) is 25.8 Å². The number of aromatic carboxylic acids is 1. The van der Waals surface area contributed by atoms with E-state index in [1.54, 1.807) is 30.3 Å². The first-order valence-electron chi connectivity index (χ1n) is 7.91. The van der Waals surface area contributed by atoms with Crippen LogP contribution < -0.4 is 4.90 Å². The number of carbonyl (C=O) groups is 2. The number of rotatable bonds is 5. The maximum absolute atomic E-state index is 14.7. The number of anilines is 1. The third-order valence-corrected chi connectivity index (χ3v) is 4.42. The van der Waals surface area contributed by atoms with Gasteiger partial charge in [-0.3, -0.25) is 4.79 Å². The van der Waals surface area contributed by atoms with Gasteiger partial charge in [0.2, 0.25) is 0 Å². The fraction of sp³-hybridized carbons (Fsp3) is 0.263. The quantitative estimate of drug-likeness (QED) is 0.904. The lowest BCUT2D eigenvalue weighted by molar-refractivity contribution is 0.0691. The molecule has 1 fully saturated rings. The number of nitrogens with zero attached hydrogens (tertiary/aromatic N) is 1. The number of benzene rings is 2. The van der Waals surface area contributed by atoms with Crippen LogP contribution in [0.25, 0.3) is 0 Å². The molecule has 1 aliphatic rings. The van der Waals surface area contributed by atoms with Crippen LogP contribution in [-0.4, -0.2) is 23.0 Å². The van der Waals surface area contributed by atoms with Crippen LogP contribution in [0.15, 0.2) is 48.5 Å². The van der Waals surface area contributed by atoms with E-state index in [1.807, 2.05) is 6.92 Å². The van der Waals surface area contributed by atoms with Crippen molar-refractivity contribution in [2.24, 2.45) is 5.92 Å². The first kappa shape index (κ1) is 16.2. The molecule has 0 aliphatic heterocycles. The number of amides is 1. The zero-order valence-corrected chi connectivity index (χ0v) is 13.3. The second-order valence-corrected chi connectivity index (χ2v) is 6.06. The van der Waals surface area contributed by atoms with Gasteiger partial charge in [-0.15, -0.1) is 0 Å². The van der Waals surface area contributed by atoms with Crippen molar-refractivity contribution in [1.82, 2.24) is 0 Å². The van der Waals surface area contributed by atoms with E-state index in [-0.39, 0.29) is 17.6 Å². The number of hydrogen-bond donors (Lipinski definition) is 1. The van der Waals surface area contributed by atoms with Crippen molar-refractivity contribution >= 4 is 17.6 Å². The highest BCUT2D eigenvalue weighted by atomic mass is 19.1. The van der Waals surface area contributed by atoms with Gasteiger partial charge < -0.3 is 10.0 Å². The standard InChI is InChI=1S/C19H18FNO3/c1-12(13-10-11-13)21(18(22)14-6-3-2-4-7-14)16-9-5-8-15(17(16)20)19(23)24/h2-9,12-13H,10-11H2,1H3,(H,23,24). The fourth-order valence-electron chi connectivity index (χ4n) is 2.89. The largest absolute Gasteiger partial charge is 0.478 e. The van der Waals surface area contributed by atoms with Gasteiger partial charge in [0.1, 0.15) is 0 Å². The van der Waals surface area contributed by atoms with Crippen LogP contribution in [0.4, 0.5) is 10.1 Å². The minimum atomic E-state index is -1.35. The van der Waals surface area contributed by atoms with Gasteiger partial charge in [0.05, 0.1) is 11.3 Å². The number of carboxylic acid groups (broad SMARTS) is 1. The average molecular weight is 327 g/mol. The van der Waals surface area contributed by atoms with Gasteiger partial charge in [-0.2, -0.15) is 0 Å². The number of carbonyl (C=O) groups excluding carboxylic acids is 1. The van der Waals surface area contributed by atoms with Gasteiger partial charge in [-0.1, -0.05) is 24.3 Å². The Morgan fingerprint density at radius 1 is 1.12 bits per heavy atom. The molecule has 0 radical (unpaired) electrons. The Morgan fingerprint density at radius 2 is 1.79 bits per heavy atom. The van der Waals surface area contributed by atoms with E-state index < -0.39 is 17.3 Å². The molecule has 3 rings (SSSR count). The molecule has 0 heterocycles. The zero-order valence-electron chi connectivity index (χ0n) is 13.3. The monoisotopic (exact) mass is 327 g/mol. The molecular weight excluding hydrogens is 309 g/mol. The molecule has 1 atom stereocenters. The van der Waals surface area contributed by atoms with Crippen LogP contribution in [0.2, 0.25) is 0 Å². The summed E-state index contributed by atoms with van der Waals surface area (Å²) in [5.41, 5.74) is 0.0367. The molecule has 4 nitrogen and oxygen atoms in total. The van der Waals surface area contributed by atoms with Crippen LogP contribution in [0, 0.1) is 11.7 Å². The van der Waals surface area contributed by atoms with E-state index in [0.717, 1.165) is 12.8 Å². The van der Waals surface area contributed by atoms with Crippen LogP contribution in [0.3, 0.4) is 0 Å². The Bertz CT molecular complexity index is 771. The summed E-state index contributed by atoms with van der Waals surface area (Å²) in [6.07, 6.45) is 1.97. The molecule has 1 saturated carbocycles. The lowest BCUT2D eigenvalue weighted by atomic mass is 10.1. The summed E-state index contributed by atoms with van der Waals surface area (Å²) in [7, 11) is 0. The first-order valence-corrected chi connectivity index (χ1v) is 7.91. The molecule has 1 amide bonds. The Kier molecular flexibility index (Phi) is 4.34. The molecule has 0 aromatic heterocycles. The van der Waals surface area contributed by atoms with Crippen LogP contribution >= 0.6 is 0 Å². The summed E-state index contributed by atoms with van der Waals surface area (Å²) in [6.45, 7) is 1.88. The highest BCUT2D eigenvalue weighted by Gasteiger charge is 2.37. The van der Waals surface area contributed by atoms with E-state index in [9.17, 15) is 14.0 Å². The highest BCUT2D eigenvalue weighted by molar-refractivity contribution is 6.07. The lowest BCUT2D eigenvalue weighted by Crippen LogP contribution is -2.41. The Labute approximate surface area is 139 Å². The third-order valence-electron chi connectivity index (χ3n) is 4.42. The second kappa shape index (κ2) is 6.43. The van der Waals surface area contributed by atoms with Gasteiger partial charge in [0, 0.05) is 11.6 Å². The summed E-state index contributed by atoms with van der Waals surface area (Å²) in [5, 5.41) is 9.14. The topological polar surface area (TPSA) is 57.6 Å². The van der Waals surface area contributed by atoms with Crippen molar-refractivity contribution < 1.29 is 19.1 Å². The summed E-state index contributed by atoms with van der Waals surface area (Å²) in [4.78, 5) is 25.6. The minimum Gasteiger partial charge on any atom is -0.478 e. The first-order chi connectivity index (χ1) is 11.5. The molecule has 124 valence electrons.